The quantitative estimate of drug-likeness (QED) is 0.808. The number of hydrogen-bond acceptors (Lipinski definition) is 4. The molecule has 1 aliphatic heterocycles. The van der Waals surface area contributed by atoms with Crippen molar-refractivity contribution in [1.29, 1.82) is 0 Å². The van der Waals surface area contributed by atoms with E-state index >= 15 is 0 Å². The Balaban J connectivity index is 1.57. The summed E-state index contributed by atoms with van der Waals surface area (Å²) in [5.41, 5.74) is 2.60. The molecule has 2 aromatic carbocycles. The van der Waals surface area contributed by atoms with Crippen LogP contribution < -0.4 is 20.1 Å². The molecular formula is C23H28N2O4. The Morgan fingerprint density at radius 1 is 0.931 bits per heavy atom. The van der Waals surface area contributed by atoms with Crippen LogP contribution in [0, 0.1) is 0 Å². The average molecular weight is 396 g/mol. The molecule has 2 unspecified atom stereocenters. The molecule has 154 valence electrons. The second-order valence-corrected chi connectivity index (χ2v) is 8.37. The number of ether oxygens (including phenoxy) is 2. The van der Waals surface area contributed by atoms with Crippen LogP contribution in [0.2, 0.25) is 0 Å². The molecule has 2 atom stereocenters. The molecule has 29 heavy (non-hydrogen) atoms. The fraction of sp³-hybridized carbons (Fsp3) is 0.391. The lowest BCUT2D eigenvalue weighted by atomic mass is 9.86. The number of hydrogen-bond donors (Lipinski definition) is 2. The highest BCUT2D eigenvalue weighted by atomic mass is 16.7. The number of nitrogens with one attached hydrogen (secondary N) is 2. The van der Waals surface area contributed by atoms with Gasteiger partial charge in [0, 0.05) is 5.56 Å². The summed E-state index contributed by atoms with van der Waals surface area (Å²) in [5.74, 6) is 0.840. The minimum absolute atomic E-state index is 0.0209. The number of benzene rings is 2. The first kappa shape index (κ1) is 20.7. The minimum atomic E-state index is -0.666. The lowest BCUT2D eigenvalue weighted by molar-refractivity contribution is -0.123. The topological polar surface area (TPSA) is 76.7 Å². The Morgan fingerprint density at radius 2 is 1.59 bits per heavy atom. The Kier molecular flexibility index (Phi) is 5.82. The first-order chi connectivity index (χ1) is 13.6. The highest BCUT2D eigenvalue weighted by Crippen LogP contribution is 2.34. The molecule has 1 heterocycles. The van der Waals surface area contributed by atoms with Crippen molar-refractivity contribution < 1.29 is 19.1 Å². The van der Waals surface area contributed by atoms with Crippen molar-refractivity contribution in [3.63, 3.8) is 0 Å². The zero-order chi connectivity index (χ0) is 21.2. The first-order valence-electron chi connectivity index (χ1n) is 9.76. The summed E-state index contributed by atoms with van der Waals surface area (Å²) in [7, 11) is 0. The molecule has 2 aromatic rings. The van der Waals surface area contributed by atoms with Crippen molar-refractivity contribution in [3.8, 4) is 11.5 Å². The normalized spacial score (nSPS) is 14.8. The van der Waals surface area contributed by atoms with Gasteiger partial charge in [0.1, 0.15) is 6.04 Å². The standard InChI is InChI=1S/C23H28N2O4/c1-14(17-8-11-19-20(12-17)29-13-28-19)24-21(26)15(2)25-22(27)16-6-9-18(10-7-16)23(3,4)5/h6-12,14-15H,13H2,1-5H3,(H,24,26)(H,25,27). The van der Waals surface area contributed by atoms with E-state index < -0.39 is 6.04 Å². The lowest BCUT2D eigenvalue weighted by Crippen LogP contribution is -2.45. The van der Waals surface area contributed by atoms with E-state index in [0.717, 1.165) is 11.1 Å². The minimum Gasteiger partial charge on any atom is -0.454 e. The smallest absolute Gasteiger partial charge is 0.251 e. The Morgan fingerprint density at radius 3 is 2.24 bits per heavy atom. The van der Waals surface area contributed by atoms with Gasteiger partial charge in [0.15, 0.2) is 11.5 Å². The Bertz CT molecular complexity index is 900. The Labute approximate surface area is 171 Å². The van der Waals surface area contributed by atoms with Crippen molar-refractivity contribution in [2.75, 3.05) is 6.79 Å². The summed E-state index contributed by atoms with van der Waals surface area (Å²) >= 11 is 0. The molecule has 0 spiro atoms. The summed E-state index contributed by atoms with van der Waals surface area (Å²) in [6.07, 6.45) is 0. The number of rotatable bonds is 5. The molecule has 0 fully saturated rings. The Hall–Kier alpha value is -3.02. The summed E-state index contributed by atoms with van der Waals surface area (Å²) in [4.78, 5) is 25.0. The van der Waals surface area contributed by atoms with Crippen molar-refractivity contribution in [2.45, 2.75) is 52.1 Å². The predicted molar refractivity (Wildman–Crippen MR) is 111 cm³/mol. The van der Waals surface area contributed by atoms with Crippen molar-refractivity contribution in [1.82, 2.24) is 10.6 Å². The molecule has 3 rings (SSSR count). The van der Waals surface area contributed by atoms with Crippen molar-refractivity contribution in [3.05, 3.63) is 59.2 Å². The van der Waals surface area contributed by atoms with E-state index in [1.54, 1.807) is 19.1 Å². The summed E-state index contributed by atoms with van der Waals surface area (Å²) in [6.45, 7) is 10.1. The number of carbonyl (C=O) groups excluding carboxylic acids is 2. The van der Waals surface area contributed by atoms with Gasteiger partial charge in [-0.3, -0.25) is 9.59 Å². The second kappa shape index (κ2) is 8.15. The van der Waals surface area contributed by atoms with E-state index in [9.17, 15) is 9.59 Å². The van der Waals surface area contributed by atoms with Gasteiger partial charge in [0.2, 0.25) is 12.7 Å². The van der Waals surface area contributed by atoms with E-state index in [0.29, 0.717) is 17.1 Å². The van der Waals surface area contributed by atoms with Gasteiger partial charge in [-0.05, 0) is 54.7 Å². The van der Waals surface area contributed by atoms with Crippen LogP contribution >= 0.6 is 0 Å². The molecule has 1 aliphatic rings. The lowest BCUT2D eigenvalue weighted by Gasteiger charge is -2.20. The molecule has 0 saturated heterocycles. The number of amides is 2. The molecule has 0 aromatic heterocycles. The van der Waals surface area contributed by atoms with Crippen LogP contribution in [0.1, 0.15) is 62.1 Å². The molecule has 0 radical (unpaired) electrons. The molecule has 6 nitrogen and oxygen atoms in total. The van der Waals surface area contributed by atoms with E-state index in [4.69, 9.17) is 9.47 Å². The molecule has 2 amide bonds. The maximum absolute atomic E-state index is 12.5. The molecular weight excluding hydrogens is 368 g/mol. The third-order valence-corrected chi connectivity index (χ3v) is 5.01. The zero-order valence-electron chi connectivity index (χ0n) is 17.5. The molecule has 6 heteroatoms. The average Bonchev–Trinajstić information content (AvgIpc) is 3.15. The van der Waals surface area contributed by atoms with Crippen LogP contribution in [0.5, 0.6) is 11.5 Å². The molecule has 2 N–H and O–H groups in total. The number of fused-ring (bicyclic) bond motifs is 1. The van der Waals surface area contributed by atoms with Gasteiger partial charge in [-0.2, -0.15) is 0 Å². The second-order valence-electron chi connectivity index (χ2n) is 8.37. The van der Waals surface area contributed by atoms with Crippen LogP contribution in [0.4, 0.5) is 0 Å². The molecule has 0 bridgehead atoms. The zero-order valence-corrected chi connectivity index (χ0v) is 17.5. The van der Waals surface area contributed by atoms with E-state index in [1.165, 1.54) is 0 Å². The van der Waals surface area contributed by atoms with E-state index in [-0.39, 0.29) is 30.1 Å². The highest BCUT2D eigenvalue weighted by Gasteiger charge is 2.21. The fourth-order valence-electron chi connectivity index (χ4n) is 3.07. The van der Waals surface area contributed by atoms with Gasteiger partial charge in [0.05, 0.1) is 6.04 Å². The van der Waals surface area contributed by atoms with Gasteiger partial charge in [-0.1, -0.05) is 39.0 Å². The monoisotopic (exact) mass is 396 g/mol. The van der Waals surface area contributed by atoms with E-state index in [2.05, 4.69) is 31.4 Å². The van der Waals surface area contributed by atoms with Crippen LogP contribution in [0.3, 0.4) is 0 Å². The first-order valence-corrected chi connectivity index (χ1v) is 9.76. The van der Waals surface area contributed by atoms with Crippen LogP contribution in [-0.4, -0.2) is 24.6 Å². The van der Waals surface area contributed by atoms with Crippen LogP contribution in [0.15, 0.2) is 42.5 Å². The third kappa shape index (κ3) is 4.88. The summed E-state index contributed by atoms with van der Waals surface area (Å²) < 4.78 is 10.7. The fourth-order valence-corrected chi connectivity index (χ4v) is 3.07. The summed E-state index contributed by atoms with van der Waals surface area (Å²) in [6, 6.07) is 12.1. The maximum Gasteiger partial charge on any atom is 0.251 e. The third-order valence-electron chi connectivity index (χ3n) is 5.01. The van der Waals surface area contributed by atoms with Gasteiger partial charge in [-0.25, -0.2) is 0 Å². The van der Waals surface area contributed by atoms with E-state index in [1.807, 2.05) is 37.3 Å². The van der Waals surface area contributed by atoms with Gasteiger partial charge < -0.3 is 20.1 Å². The van der Waals surface area contributed by atoms with Crippen molar-refractivity contribution in [2.24, 2.45) is 0 Å². The predicted octanol–water partition coefficient (Wildman–Crippen LogP) is 3.71. The maximum atomic E-state index is 12.5. The summed E-state index contributed by atoms with van der Waals surface area (Å²) in [5, 5.41) is 5.68. The van der Waals surface area contributed by atoms with Gasteiger partial charge in [-0.15, -0.1) is 0 Å². The van der Waals surface area contributed by atoms with Gasteiger partial charge >= 0.3 is 0 Å². The highest BCUT2D eigenvalue weighted by molar-refractivity contribution is 5.97. The molecule has 0 aliphatic carbocycles. The SMILES string of the molecule is CC(NC(=O)c1ccc(C(C)(C)C)cc1)C(=O)NC(C)c1ccc2c(c1)OCO2. The number of carbonyl (C=O) groups is 2. The van der Waals surface area contributed by atoms with Gasteiger partial charge in [0.25, 0.3) is 5.91 Å². The molecule has 0 saturated carbocycles. The van der Waals surface area contributed by atoms with Crippen molar-refractivity contribution >= 4 is 11.8 Å². The van der Waals surface area contributed by atoms with Crippen LogP contribution in [0.25, 0.3) is 0 Å². The van der Waals surface area contributed by atoms with Crippen LogP contribution in [-0.2, 0) is 10.2 Å². The largest absolute Gasteiger partial charge is 0.454 e.